The zero-order chi connectivity index (χ0) is 12.7. The molecule has 0 amide bonds. The van der Waals surface area contributed by atoms with Crippen molar-refractivity contribution >= 4 is 26.8 Å². The molecule has 18 heavy (non-hydrogen) atoms. The fourth-order valence-electron chi connectivity index (χ4n) is 1.79. The average Bonchev–Trinajstić information content (AvgIpc) is 2.82. The van der Waals surface area contributed by atoms with Crippen molar-refractivity contribution in [2.75, 3.05) is 0 Å². The molecule has 2 heterocycles. The molecule has 0 saturated heterocycles. The maximum Gasteiger partial charge on any atom is 0.335 e. The number of rotatable bonds is 1. The fraction of sp³-hybridized carbons (Fsp3) is 0. The molecule has 0 spiro atoms. The van der Waals surface area contributed by atoms with Crippen molar-refractivity contribution in [2.45, 2.75) is 0 Å². The van der Waals surface area contributed by atoms with Crippen molar-refractivity contribution in [2.24, 2.45) is 0 Å². The Morgan fingerprint density at radius 2 is 2.06 bits per heavy atom. The summed E-state index contributed by atoms with van der Waals surface area (Å²) in [5, 5.41) is 0.425. The predicted molar refractivity (Wildman–Crippen MR) is 70.1 cm³/mol. The highest BCUT2D eigenvalue weighted by atomic mass is 79.9. The molecular formula is C12H7BrN2O3. The lowest BCUT2D eigenvalue weighted by Gasteiger charge is -2.03. The maximum absolute atomic E-state index is 12.2. The van der Waals surface area contributed by atoms with E-state index in [1.807, 2.05) is 0 Å². The average molecular weight is 307 g/mol. The van der Waals surface area contributed by atoms with Crippen LogP contribution in [0, 0.1) is 0 Å². The van der Waals surface area contributed by atoms with Gasteiger partial charge in [-0.15, -0.1) is 0 Å². The summed E-state index contributed by atoms with van der Waals surface area (Å²) in [7, 11) is 0. The summed E-state index contributed by atoms with van der Waals surface area (Å²) in [4.78, 5) is 26.8. The molecule has 2 aromatic heterocycles. The minimum atomic E-state index is -0.527. The largest absolute Gasteiger partial charge is 0.448 e. The van der Waals surface area contributed by atoms with Gasteiger partial charge in [0.25, 0.3) is 5.56 Å². The molecule has 1 aromatic carbocycles. The molecule has 5 nitrogen and oxygen atoms in total. The summed E-state index contributed by atoms with van der Waals surface area (Å²) in [6.45, 7) is 0. The van der Waals surface area contributed by atoms with E-state index in [1.54, 1.807) is 30.3 Å². The summed E-state index contributed by atoms with van der Waals surface area (Å²) < 4.78 is 6.85. The molecule has 0 atom stereocenters. The molecule has 1 N–H and O–H groups in total. The van der Waals surface area contributed by atoms with Crippen molar-refractivity contribution in [3.63, 3.8) is 0 Å². The van der Waals surface area contributed by atoms with E-state index in [1.165, 1.54) is 6.26 Å². The third-order valence-electron chi connectivity index (χ3n) is 2.59. The van der Waals surface area contributed by atoms with Gasteiger partial charge >= 0.3 is 5.69 Å². The van der Waals surface area contributed by atoms with E-state index in [2.05, 4.69) is 20.9 Å². The van der Waals surface area contributed by atoms with E-state index in [9.17, 15) is 9.59 Å². The third kappa shape index (κ3) is 1.62. The molecule has 90 valence electrons. The van der Waals surface area contributed by atoms with Gasteiger partial charge in [0.15, 0.2) is 0 Å². The highest BCUT2D eigenvalue weighted by molar-refractivity contribution is 9.10. The second-order valence-corrected chi connectivity index (χ2v) is 4.63. The van der Waals surface area contributed by atoms with Crippen LogP contribution in [0.15, 0.2) is 55.1 Å². The molecule has 6 heteroatoms. The highest BCUT2D eigenvalue weighted by Gasteiger charge is 2.11. The number of aromatic nitrogens is 2. The normalized spacial score (nSPS) is 10.9. The molecule has 0 unspecified atom stereocenters. The predicted octanol–water partition coefficient (Wildman–Crippen LogP) is 2.03. The smallest absolute Gasteiger partial charge is 0.335 e. The molecule has 0 aliphatic heterocycles. The van der Waals surface area contributed by atoms with Crippen molar-refractivity contribution in [1.82, 2.24) is 9.55 Å². The molecule has 0 saturated carbocycles. The summed E-state index contributed by atoms with van der Waals surface area (Å²) in [6, 6.07) is 8.25. The number of aromatic amines is 1. The van der Waals surface area contributed by atoms with Gasteiger partial charge in [-0.1, -0.05) is 15.9 Å². The molecule has 0 bridgehead atoms. The van der Waals surface area contributed by atoms with Crippen LogP contribution in [-0.2, 0) is 0 Å². The van der Waals surface area contributed by atoms with Crippen LogP contribution in [0.4, 0.5) is 0 Å². The van der Waals surface area contributed by atoms with Gasteiger partial charge in [0.2, 0.25) is 5.88 Å². The Balaban J connectivity index is 2.46. The number of fused-ring (bicyclic) bond motifs is 1. The summed E-state index contributed by atoms with van der Waals surface area (Å²) >= 11 is 3.29. The number of furan rings is 1. The van der Waals surface area contributed by atoms with Crippen LogP contribution in [-0.4, -0.2) is 9.55 Å². The molecule has 0 radical (unpaired) electrons. The number of hydrogen-bond donors (Lipinski definition) is 1. The van der Waals surface area contributed by atoms with Gasteiger partial charge in [-0.2, -0.15) is 4.57 Å². The third-order valence-corrected chi connectivity index (χ3v) is 3.08. The Bertz CT molecular complexity index is 831. The van der Waals surface area contributed by atoms with E-state index in [0.717, 1.165) is 9.04 Å². The van der Waals surface area contributed by atoms with Gasteiger partial charge in [0.1, 0.15) is 0 Å². The number of nitrogens with zero attached hydrogens (tertiary/aromatic N) is 1. The van der Waals surface area contributed by atoms with Crippen molar-refractivity contribution in [3.8, 4) is 5.88 Å². The lowest BCUT2D eigenvalue weighted by molar-refractivity contribution is 0.528. The first kappa shape index (κ1) is 11.0. The lowest BCUT2D eigenvalue weighted by Crippen LogP contribution is -2.33. The zero-order valence-electron chi connectivity index (χ0n) is 9.01. The van der Waals surface area contributed by atoms with Gasteiger partial charge in [-0.05, 0) is 24.3 Å². The van der Waals surface area contributed by atoms with Crippen LogP contribution in [0.1, 0.15) is 0 Å². The number of H-pyrrole nitrogens is 1. The topological polar surface area (TPSA) is 68.0 Å². The summed E-state index contributed by atoms with van der Waals surface area (Å²) in [6.07, 6.45) is 1.41. The standard InChI is InChI=1S/C12H7BrN2O3/c13-7-3-4-8-9(6-7)14-12(17)15(11(8)16)10-2-1-5-18-10/h1-6H,(H,14,17). The Hall–Kier alpha value is -2.08. The number of nitrogens with one attached hydrogen (secondary N) is 1. The first-order valence-electron chi connectivity index (χ1n) is 5.15. The Morgan fingerprint density at radius 1 is 1.22 bits per heavy atom. The Morgan fingerprint density at radius 3 is 2.78 bits per heavy atom. The molecule has 0 fully saturated rings. The number of halogens is 1. The second kappa shape index (κ2) is 3.99. The summed E-state index contributed by atoms with van der Waals surface area (Å²) in [5.74, 6) is 0.200. The quantitative estimate of drug-likeness (QED) is 0.748. The van der Waals surface area contributed by atoms with Crippen LogP contribution in [0.3, 0.4) is 0 Å². The van der Waals surface area contributed by atoms with Crippen molar-refractivity contribution < 1.29 is 4.42 Å². The van der Waals surface area contributed by atoms with Gasteiger partial charge < -0.3 is 9.40 Å². The molecule has 3 rings (SSSR count). The monoisotopic (exact) mass is 306 g/mol. The molecule has 0 aliphatic carbocycles. The molecule has 3 aromatic rings. The first-order chi connectivity index (χ1) is 8.66. The maximum atomic E-state index is 12.2. The Kier molecular flexibility index (Phi) is 2.45. The van der Waals surface area contributed by atoms with Gasteiger partial charge in [-0.25, -0.2) is 4.79 Å². The minimum Gasteiger partial charge on any atom is -0.448 e. The van der Waals surface area contributed by atoms with Crippen LogP contribution in [0.5, 0.6) is 0 Å². The SMILES string of the molecule is O=c1[nH]c2cc(Br)ccc2c(=O)n1-c1ccco1. The zero-order valence-corrected chi connectivity index (χ0v) is 10.6. The van der Waals surface area contributed by atoms with E-state index >= 15 is 0 Å². The lowest BCUT2D eigenvalue weighted by atomic mass is 10.2. The van der Waals surface area contributed by atoms with Crippen LogP contribution in [0.25, 0.3) is 16.8 Å². The van der Waals surface area contributed by atoms with Gasteiger partial charge in [-0.3, -0.25) is 4.79 Å². The number of benzene rings is 1. The van der Waals surface area contributed by atoms with Gasteiger partial charge in [0, 0.05) is 10.5 Å². The van der Waals surface area contributed by atoms with E-state index < -0.39 is 11.2 Å². The Labute approximate surface area is 109 Å². The van der Waals surface area contributed by atoms with Crippen LogP contribution < -0.4 is 11.2 Å². The van der Waals surface area contributed by atoms with Crippen LogP contribution >= 0.6 is 15.9 Å². The van der Waals surface area contributed by atoms with Gasteiger partial charge in [0.05, 0.1) is 17.2 Å². The van der Waals surface area contributed by atoms with E-state index in [4.69, 9.17) is 4.42 Å². The summed E-state index contributed by atoms with van der Waals surface area (Å²) in [5.41, 5.74) is -0.445. The van der Waals surface area contributed by atoms with Crippen molar-refractivity contribution in [1.29, 1.82) is 0 Å². The van der Waals surface area contributed by atoms with E-state index in [0.29, 0.717) is 10.9 Å². The molecule has 0 aliphatic rings. The van der Waals surface area contributed by atoms with Crippen molar-refractivity contribution in [3.05, 3.63) is 61.9 Å². The highest BCUT2D eigenvalue weighted by Crippen LogP contribution is 2.14. The van der Waals surface area contributed by atoms with E-state index in [-0.39, 0.29) is 5.88 Å². The fourth-order valence-corrected chi connectivity index (χ4v) is 2.15. The molecular weight excluding hydrogens is 300 g/mol. The minimum absolute atomic E-state index is 0.200. The number of hydrogen-bond acceptors (Lipinski definition) is 3. The van der Waals surface area contributed by atoms with Crippen LogP contribution in [0.2, 0.25) is 0 Å². The first-order valence-corrected chi connectivity index (χ1v) is 5.94. The second-order valence-electron chi connectivity index (χ2n) is 3.71.